The number of nitrogens with one attached hydrogen (secondary N) is 1. The molecule has 1 amide bonds. The highest BCUT2D eigenvalue weighted by atomic mass is 16.1. The SMILES string of the molecule is CNC(=O)c1cnc(Cc2ccc(N(C)c3ncnc4ccccc34)cc2)cn1. The van der Waals surface area contributed by atoms with Crippen LogP contribution in [0.3, 0.4) is 0 Å². The molecule has 0 fully saturated rings. The van der Waals surface area contributed by atoms with Crippen LogP contribution in [0, 0.1) is 0 Å². The molecule has 7 nitrogen and oxygen atoms in total. The monoisotopic (exact) mass is 384 g/mol. The minimum atomic E-state index is -0.242. The first kappa shape index (κ1) is 18.5. The average Bonchev–Trinajstić information content (AvgIpc) is 2.78. The van der Waals surface area contributed by atoms with Crippen molar-refractivity contribution in [1.82, 2.24) is 25.3 Å². The zero-order valence-electron chi connectivity index (χ0n) is 16.2. The van der Waals surface area contributed by atoms with Crippen LogP contribution < -0.4 is 10.2 Å². The van der Waals surface area contributed by atoms with E-state index in [1.165, 1.54) is 6.20 Å². The molecule has 4 rings (SSSR count). The van der Waals surface area contributed by atoms with Crippen LogP contribution >= 0.6 is 0 Å². The van der Waals surface area contributed by atoms with Crippen molar-refractivity contribution < 1.29 is 4.79 Å². The largest absolute Gasteiger partial charge is 0.354 e. The maximum absolute atomic E-state index is 11.6. The maximum Gasteiger partial charge on any atom is 0.271 e. The Labute approximate surface area is 168 Å². The normalized spacial score (nSPS) is 10.7. The Balaban J connectivity index is 1.52. The van der Waals surface area contributed by atoms with E-state index in [2.05, 4.69) is 49.5 Å². The van der Waals surface area contributed by atoms with Crippen LogP contribution in [-0.4, -0.2) is 39.9 Å². The second-order valence-electron chi connectivity index (χ2n) is 6.59. The van der Waals surface area contributed by atoms with Gasteiger partial charge in [0.1, 0.15) is 17.8 Å². The van der Waals surface area contributed by atoms with Crippen molar-refractivity contribution in [3.8, 4) is 0 Å². The van der Waals surface area contributed by atoms with E-state index in [0.717, 1.165) is 33.7 Å². The summed E-state index contributed by atoms with van der Waals surface area (Å²) in [6.45, 7) is 0. The summed E-state index contributed by atoms with van der Waals surface area (Å²) in [5.74, 6) is 0.618. The van der Waals surface area contributed by atoms with Gasteiger partial charge in [-0.05, 0) is 29.8 Å². The van der Waals surface area contributed by atoms with E-state index in [1.54, 1.807) is 19.6 Å². The molecule has 0 saturated carbocycles. The quantitative estimate of drug-likeness (QED) is 0.569. The standard InChI is InChI=1S/C22H20N6O/c1-23-22(29)20-13-24-16(12-25-20)11-15-7-9-17(10-8-15)28(2)21-18-5-3-4-6-19(18)26-14-27-21/h3-10,12-14H,11H2,1-2H3,(H,23,29). The summed E-state index contributed by atoms with van der Waals surface area (Å²) in [6, 6.07) is 16.2. The highest BCUT2D eigenvalue weighted by molar-refractivity contribution is 5.92. The van der Waals surface area contributed by atoms with Crippen molar-refractivity contribution in [1.29, 1.82) is 0 Å². The van der Waals surface area contributed by atoms with Gasteiger partial charge in [0.05, 0.1) is 17.4 Å². The average molecular weight is 384 g/mol. The molecular weight excluding hydrogens is 364 g/mol. The Hall–Kier alpha value is -3.87. The van der Waals surface area contributed by atoms with E-state index in [1.807, 2.05) is 36.2 Å². The molecule has 7 heteroatoms. The van der Waals surface area contributed by atoms with Crippen molar-refractivity contribution >= 4 is 28.3 Å². The number of amides is 1. The molecule has 4 aromatic rings. The number of benzene rings is 2. The summed E-state index contributed by atoms with van der Waals surface area (Å²) >= 11 is 0. The Kier molecular flexibility index (Phi) is 5.11. The highest BCUT2D eigenvalue weighted by Gasteiger charge is 2.11. The molecule has 0 aliphatic heterocycles. The van der Waals surface area contributed by atoms with Gasteiger partial charge >= 0.3 is 0 Å². The van der Waals surface area contributed by atoms with Gasteiger partial charge in [-0.3, -0.25) is 9.78 Å². The van der Waals surface area contributed by atoms with Gasteiger partial charge in [-0.15, -0.1) is 0 Å². The number of nitrogens with zero attached hydrogens (tertiary/aromatic N) is 5. The number of carbonyl (C=O) groups excluding carboxylic acids is 1. The zero-order valence-corrected chi connectivity index (χ0v) is 16.2. The third-order valence-corrected chi connectivity index (χ3v) is 4.71. The van der Waals surface area contributed by atoms with Gasteiger partial charge in [-0.25, -0.2) is 15.0 Å². The zero-order chi connectivity index (χ0) is 20.2. The van der Waals surface area contributed by atoms with Gasteiger partial charge in [-0.2, -0.15) is 0 Å². The van der Waals surface area contributed by atoms with E-state index in [-0.39, 0.29) is 5.91 Å². The van der Waals surface area contributed by atoms with Crippen molar-refractivity contribution in [2.75, 3.05) is 19.0 Å². The van der Waals surface area contributed by atoms with Gasteiger partial charge in [-0.1, -0.05) is 24.3 Å². The molecule has 2 heterocycles. The van der Waals surface area contributed by atoms with E-state index in [4.69, 9.17) is 0 Å². The number of rotatable bonds is 5. The van der Waals surface area contributed by atoms with Gasteiger partial charge < -0.3 is 10.2 Å². The Morgan fingerprint density at radius 2 is 1.76 bits per heavy atom. The Bertz CT molecular complexity index is 1140. The number of carbonyl (C=O) groups is 1. The number of para-hydroxylation sites is 1. The molecule has 0 bridgehead atoms. The number of aromatic nitrogens is 4. The molecule has 0 saturated heterocycles. The van der Waals surface area contributed by atoms with Crippen molar-refractivity contribution in [3.05, 3.63) is 84.2 Å². The van der Waals surface area contributed by atoms with Gasteiger partial charge in [0, 0.05) is 37.8 Å². The molecule has 0 atom stereocenters. The summed E-state index contributed by atoms with van der Waals surface area (Å²) in [7, 11) is 3.56. The van der Waals surface area contributed by atoms with Crippen molar-refractivity contribution in [2.24, 2.45) is 0 Å². The molecular formula is C22H20N6O. The van der Waals surface area contributed by atoms with Crippen molar-refractivity contribution in [2.45, 2.75) is 6.42 Å². The molecule has 0 aliphatic rings. The summed E-state index contributed by atoms with van der Waals surface area (Å²) in [5, 5.41) is 3.54. The van der Waals surface area contributed by atoms with Crippen LogP contribution in [0.4, 0.5) is 11.5 Å². The third kappa shape index (κ3) is 3.89. The van der Waals surface area contributed by atoms with E-state index in [9.17, 15) is 4.79 Å². The Morgan fingerprint density at radius 1 is 0.966 bits per heavy atom. The van der Waals surface area contributed by atoms with Crippen molar-refractivity contribution in [3.63, 3.8) is 0 Å². The molecule has 0 unspecified atom stereocenters. The molecule has 29 heavy (non-hydrogen) atoms. The second kappa shape index (κ2) is 8.02. The summed E-state index contributed by atoms with van der Waals surface area (Å²) in [4.78, 5) is 30.9. The van der Waals surface area contributed by atoms with Crippen LogP contribution in [-0.2, 0) is 6.42 Å². The fraction of sp³-hybridized carbons (Fsp3) is 0.136. The summed E-state index contributed by atoms with van der Waals surface area (Å²) in [5.41, 5.74) is 4.17. The summed E-state index contributed by atoms with van der Waals surface area (Å²) < 4.78 is 0. The third-order valence-electron chi connectivity index (χ3n) is 4.71. The van der Waals surface area contributed by atoms with E-state index < -0.39 is 0 Å². The van der Waals surface area contributed by atoms with Crippen LogP contribution in [0.5, 0.6) is 0 Å². The van der Waals surface area contributed by atoms with Crippen LogP contribution in [0.15, 0.2) is 67.3 Å². The van der Waals surface area contributed by atoms with Crippen LogP contribution in [0.25, 0.3) is 10.9 Å². The number of hydrogen-bond donors (Lipinski definition) is 1. The van der Waals surface area contributed by atoms with Gasteiger partial charge in [0.2, 0.25) is 0 Å². The lowest BCUT2D eigenvalue weighted by atomic mass is 10.1. The lowest BCUT2D eigenvalue weighted by Crippen LogP contribution is -2.19. The van der Waals surface area contributed by atoms with E-state index >= 15 is 0 Å². The van der Waals surface area contributed by atoms with Gasteiger partial charge in [0.15, 0.2) is 0 Å². The lowest BCUT2D eigenvalue weighted by molar-refractivity contribution is 0.0957. The molecule has 2 aromatic carbocycles. The smallest absolute Gasteiger partial charge is 0.271 e. The fourth-order valence-corrected chi connectivity index (χ4v) is 3.12. The predicted molar refractivity (Wildman–Crippen MR) is 112 cm³/mol. The second-order valence-corrected chi connectivity index (χ2v) is 6.59. The predicted octanol–water partition coefficient (Wildman–Crippen LogP) is 3.14. The maximum atomic E-state index is 11.6. The highest BCUT2D eigenvalue weighted by Crippen LogP contribution is 2.28. The lowest BCUT2D eigenvalue weighted by Gasteiger charge is -2.20. The number of hydrogen-bond acceptors (Lipinski definition) is 6. The van der Waals surface area contributed by atoms with Gasteiger partial charge in [0.25, 0.3) is 5.91 Å². The van der Waals surface area contributed by atoms with E-state index in [0.29, 0.717) is 12.1 Å². The number of anilines is 2. The number of fused-ring (bicyclic) bond motifs is 1. The van der Waals surface area contributed by atoms with Crippen LogP contribution in [0.1, 0.15) is 21.7 Å². The fourth-order valence-electron chi connectivity index (χ4n) is 3.12. The first-order chi connectivity index (χ1) is 14.2. The molecule has 0 radical (unpaired) electrons. The minimum Gasteiger partial charge on any atom is -0.354 e. The Morgan fingerprint density at radius 3 is 2.48 bits per heavy atom. The molecule has 2 aromatic heterocycles. The molecule has 1 N–H and O–H groups in total. The first-order valence-electron chi connectivity index (χ1n) is 9.21. The molecule has 144 valence electrons. The molecule has 0 spiro atoms. The van der Waals surface area contributed by atoms with Crippen LogP contribution in [0.2, 0.25) is 0 Å². The topological polar surface area (TPSA) is 83.9 Å². The minimum absolute atomic E-state index is 0.242. The first-order valence-corrected chi connectivity index (χ1v) is 9.21. The summed E-state index contributed by atoms with van der Waals surface area (Å²) in [6.07, 6.45) is 5.36. The molecule has 0 aliphatic carbocycles.